The summed E-state index contributed by atoms with van der Waals surface area (Å²) in [5.41, 5.74) is 0. The van der Waals surface area contributed by atoms with E-state index in [1.54, 1.807) is 7.11 Å². The quantitative estimate of drug-likeness (QED) is 0.809. The van der Waals surface area contributed by atoms with Crippen molar-refractivity contribution in [2.24, 2.45) is 5.92 Å². The molecule has 0 radical (unpaired) electrons. The van der Waals surface area contributed by atoms with E-state index in [1.165, 1.54) is 0 Å². The Balaban J connectivity index is 0.00000225. The van der Waals surface area contributed by atoms with E-state index in [-0.39, 0.29) is 30.3 Å². The molecule has 1 amide bonds. The molecular formula is C11H23ClN2O2. The summed E-state index contributed by atoms with van der Waals surface area (Å²) in [7, 11) is 1.63. The maximum Gasteiger partial charge on any atom is 0.228 e. The van der Waals surface area contributed by atoms with E-state index in [4.69, 9.17) is 4.74 Å². The van der Waals surface area contributed by atoms with Gasteiger partial charge in [0.25, 0.3) is 0 Å². The molecule has 4 nitrogen and oxygen atoms in total. The van der Waals surface area contributed by atoms with Gasteiger partial charge in [-0.1, -0.05) is 6.92 Å². The first-order valence-electron chi connectivity index (χ1n) is 5.60. The number of carbonyl (C=O) groups is 1. The van der Waals surface area contributed by atoms with Crippen molar-refractivity contribution in [2.45, 2.75) is 32.9 Å². The lowest BCUT2D eigenvalue weighted by Gasteiger charge is -2.39. The van der Waals surface area contributed by atoms with Gasteiger partial charge in [0.2, 0.25) is 5.91 Å². The Bertz CT molecular complexity index is 226. The van der Waals surface area contributed by atoms with Crippen molar-refractivity contribution < 1.29 is 9.53 Å². The average Bonchev–Trinajstić information content (AvgIpc) is 2.21. The number of nitrogens with zero attached hydrogens (tertiary/aromatic N) is 1. The summed E-state index contributed by atoms with van der Waals surface area (Å²) in [6.45, 7) is 8.32. The summed E-state index contributed by atoms with van der Waals surface area (Å²) in [6.07, 6.45) is 0. The third-order valence-corrected chi connectivity index (χ3v) is 3.16. The number of ether oxygens (including phenoxy) is 1. The zero-order valence-electron chi connectivity index (χ0n) is 10.5. The number of amides is 1. The van der Waals surface area contributed by atoms with Gasteiger partial charge in [-0.05, 0) is 13.8 Å². The molecule has 1 aliphatic heterocycles. The van der Waals surface area contributed by atoms with Crippen molar-refractivity contribution in [3.63, 3.8) is 0 Å². The van der Waals surface area contributed by atoms with Crippen molar-refractivity contribution in [2.75, 3.05) is 26.8 Å². The van der Waals surface area contributed by atoms with Crippen molar-refractivity contribution >= 4 is 18.3 Å². The van der Waals surface area contributed by atoms with Crippen LogP contribution in [0, 0.1) is 5.92 Å². The van der Waals surface area contributed by atoms with E-state index in [1.807, 2.05) is 11.8 Å². The zero-order valence-corrected chi connectivity index (χ0v) is 11.3. The fourth-order valence-corrected chi connectivity index (χ4v) is 1.97. The fourth-order valence-electron chi connectivity index (χ4n) is 1.97. The molecule has 1 aliphatic rings. The molecule has 1 saturated heterocycles. The number of hydrogen-bond acceptors (Lipinski definition) is 3. The molecule has 1 heterocycles. The Morgan fingerprint density at radius 3 is 2.75 bits per heavy atom. The van der Waals surface area contributed by atoms with Gasteiger partial charge in [-0.2, -0.15) is 0 Å². The van der Waals surface area contributed by atoms with E-state index >= 15 is 0 Å². The zero-order chi connectivity index (χ0) is 11.4. The van der Waals surface area contributed by atoms with Gasteiger partial charge in [0, 0.05) is 32.3 Å². The molecule has 1 N–H and O–H groups in total. The van der Waals surface area contributed by atoms with Gasteiger partial charge in [-0.3, -0.25) is 4.79 Å². The van der Waals surface area contributed by atoms with Crippen LogP contribution in [0.1, 0.15) is 20.8 Å². The molecule has 3 unspecified atom stereocenters. The smallest absolute Gasteiger partial charge is 0.228 e. The molecule has 3 atom stereocenters. The van der Waals surface area contributed by atoms with Gasteiger partial charge >= 0.3 is 0 Å². The van der Waals surface area contributed by atoms with Gasteiger partial charge in [0.05, 0.1) is 12.5 Å². The molecule has 0 aromatic heterocycles. The molecule has 1 fully saturated rings. The first-order chi connectivity index (χ1) is 7.07. The predicted molar refractivity (Wildman–Crippen MR) is 66.9 cm³/mol. The average molecular weight is 251 g/mol. The topological polar surface area (TPSA) is 41.6 Å². The van der Waals surface area contributed by atoms with Gasteiger partial charge in [0.1, 0.15) is 0 Å². The molecule has 0 aliphatic carbocycles. The standard InChI is InChI=1S/C11H22N2O2.ClH/c1-8(7-15-4)11(14)13-6-5-12-9(2)10(13)3;/h8-10,12H,5-7H2,1-4H3;1H. The minimum Gasteiger partial charge on any atom is -0.384 e. The second kappa shape index (κ2) is 7.09. The Kier molecular flexibility index (Phi) is 6.95. The van der Waals surface area contributed by atoms with Crippen LogP contribution in [-0.4, -0.2) is 49.7 Å². The Morgan fingerprint density at radius 1 is 1.56 bits per heavy atom. The number of carbonyl (C=O) groups excluding carboxylic acids is 1. The van der Waals surface area contributed by atoms with Crippen molar-refractivity contribution in [1.29, 1.82) is 0 Å². The maximum absolute atomic E-state index is 12.1. The molecular weight excluding hydrogens is 228 g/mol. The molecule has 5 heteroatoms. The van der Waals surface area contributed by atoms with Crippen LogP contribution in [0.5, 0.6) is 0 Å². The van der Waals surface area contributed by atoms with Crippen LogP contribution in [0.4, 0.5) is 0 Å². The van der Waals surface area contributed by atoms with E-state index in [2.05, 4.69) is 19.2 Å². The molecule has 0 saturated carbocycles. The predicted octanol–water partition coefficient (Wildman–Crippen LogP) is 0.900. The highest BCUT2D eigenvalue weighted by atomic mass is 35.5. The molecule has 1 rings (SSSR count). The van der Waals surface area contributed by atoms with Crippen LogP contribution in [-0.2, 0) is 9.53 Å². The summed E-state index contributed by atoms with van der Waals surface area (Å²) in [5.74, 6) is 0.167. The Hall–Kier alpha value is -0.320. The minimum absolute atomic E-state index is 0. The molecule has 96 valence electrons. The lowest BCUT2D eigenvalue weighted by atomic mass is 10.0. The van der Waals surface area contributed by atoms with Gasteiger partial charge in [0.15, 0.2) is 0 Å². The number of rotatable bonds is 3. The number of piperazine rings is 1. The lowest BCUT2D eigenvalue weighted by molar-refractivity contribution is -0.140. The lowest BCUT2D eigenvalue weighted by Crippen LogP contribution is -2.58. The van der Waals surface area contributed by atoms with Crippen LogP contribution in [0.2, 0.25) is 0 Å². The van der Waals surface area contributed by atoms with Crippen LogP contribution in [0.3, 0.4) is 0 Å². The highest BCUT2D eigenvalue weighted by Crippen LogP contribution is 2.13. The summed E-state index contributed by atoms with van der Waals surface area (Å²) in [5, 5.41) is 3.36. The largest absolute Gasteiger partial charge is 0.384 e. The number of methoxy groups -OCH3 is 1. The number of halogens is 1. The SMILES string of the molecule is COCC(C)C(=O)N1CCNC(C)C1C.Cl. The summed E-state index contributed by atoms with van der Waals surface area (Å²) >= 11 is 0. The molecule has 0 spiro atoms. The summed E-state index contributed by atoms with van der Waals surface area (Å²) < 4.78 is 5.01. The first kappa shape index (κ1) is 15.7. The van der Waals surface area contributed by atoms with Gasteiger partial charge < -0.3 is 15.0 Å². The normalized spacial score (nSPS) is 27.1. The molecule has 0 aromatic rings. The first-order valence-corrected chi connectivity index (χ1v) is 5.60. The second-order valence-electron chi connectivity index (χ2n) is 4.37. The van der Waals surface area contributed by atoms with E-state index in [9.17, 15) is 4.79 Å². The van der Waals surface area contributed by atoms with E-state index in [0.29, 0.717) is 12.6 Å². The van der Waals surface area contributed by atoms with E-state index in [0.717, 1.165) is 13.1 Å². The summed E-state index contributed by atoms with van der Waals surface area (Å²) in [6, 6.07) is 0.642. The van der Waals surface area contributed by atoms with Crippen LogP contribution in [0.15, 0.2) is 0 Å². The number of nitrogens with one attached hydrogen (secondary N) is 1. The third-order valence-electron chi connectivity index (χ3n) is 3.16. The highest BCUT2D eigenvalue weighted by Gasteiger charge is 2.30. The van der Waals surface area contributed by atoms with Crippen LogP contribution >= 0.6 is 12.4 Å². The minimum atomic E-state index is -0.0391. The highest BCUT2D eigenvalue weighted by molar-refractivity contribution is 5.85. The number of hydrogen-bond donors (Lipinski definition) is 1. The maximum atomic E-state index is 12.1. The summed E-state index contributed by atoms with van der Waals surface area (Å²) in [4.78, 5) is 14.0. The van der Waals surface area contributed by atoms with Crippen molar-refractivity contribution in [3.05, 3.63) is 0 Å². The van der Waals surface area contributed by atoms with Crippen LogP contribution in [0.25, 0.3) is 0 Å². The molecule has 16 heavy (non-hydrogen) atoms. The van der Waals surface area contributed by atoms with E-state index < -0.39 is 0 Å². The monoisotopic (exact) mass is 250 g/mol. The van der Waals surface area contributed by atoms with Gasteiger partial charge in [-0.25, -0.2) is 0 Å². The third kappa shape index (κ3) is 3.61. The molecule has 0 bridgehead atoms. The fraction of sp³-hybridized carbons (Fsp3) is 0.909. The van der Waals surface area contributed by atoms with Gasteiger partial charge in [-0.15, -0.1) is 12.4 Å². The van der Waals surface area contributed by atoms with Crippen molar-refractivity contribution in [1.82, 2.24) is 10.2 Å². The van der Waals surface area contributed by atoms with Crippen LogP contribution < -0.4 is 5.32 Å². The molecule has 0 aromatic carbocycles. The Labute approximate surface area is 104 Å². The second-order valence-corrected chi connectivity index (χ2v) is 4.37. The Morgan fingerprint density at radius 2 is 2.19 bits per heavy atom. The van der Waals surface area contributed by atoms with Crippen molar-refractivity contribution in [3.8, 4) is 0 Å².